The molecule has 1 aliphatic rings. The Bertz CT molecular complexity index is 1320. The summed E-state index contributed by atoms with van der Waals surface area (Å²) in [5.41, 5.74) is 2.60. The molecule has 188 valence electrons. The number of nitrogens with one attached hydrogen (secondary N) is 1. The van der Waals surface area contributed by atoms with Gasteiger partial charge in [0.05, 0.1) is 43.9 Å². The molecule has 35 heavy (non-hydrogen) atoms. The molecule has 1 heterocycles. The van der Waals surface area contributed by atoms with Crippen LogP contribution < -0.4 is 9.62 Å². The highest BCUT2D eigenvalue weighted by Gasteiger charge is 2.33. The van der Waals surface area contributed by atoms with Gasteiger partial charge < -0.3 is 19.2 Å². The fraction of sp³-hybridized carbons (Fsp3) is 0.400. The summed E-state index contributed by atoms with van der Waals surface area (Å²) in [7, 11) is -0.531. The fourth-order valence-corrected chi connectivity index (χ4v) is 5.02. The zero-order valence-electron chi connectivity index (χ0n) is 20.0. The molecule has 1 N–H and O–H groups in total. The first kappa shape index (κ1) is 25.2. The van der Waals surface area contributed by atoms with Crippen LogP contribution in [0.3, 0.4) is 0 Å². The largest absolute Gasteiger partial charge is 0.455 e. The molecule has 0 unspecified atom stereocenters. The average molecular weight is 505 g/mol. The second kappa shape index (κ2) is 10.3. The van der Waals surface area contributed by atoms with E-state index >= 15 is 0 Å². The maximum Gasteiger partial charge on any atom is 0.255 e. The number of rotatable bonds is 11. The van der Waals surface area contributed by atoms with E-state index in [2.05, 4.69) is 5.32 Å². The van der Waals surface area contributed by atoms with Gasteiger partial charge in [-0.05, 0) is 54.7 Å². The number of carbonyl (C=O) groups excluding carboxylic acids is 1. The molecule has 0 spiro atoms. The van der Waals surface area contributed by atoms with Gasteiger partial charge in [0.1, 0.15) is 17.2 Å². The summed E-state index contributed by atoms with van der Waals surface area (Å²) >= 11 is 0. The van der Waals surface area contributed by atoms with Crippen LogP contribution in [0.25, 0.3) is 22.3 Å². The molecule has 8 nitrogen and oxygen atoms in total. The Hall–Kier alpha value is -2.95. The van der Waals surface area contributed by atoms with E-state index in [0.29, 0.717) is 46.8 Å². The topological polar surface area (TPSA) is 98.1 Å². The number of nitrogens with zero attached hydrogens (tertiary/aromatic N) is 1. The lowest BCUT2D eigenvalue weighted by Crippen LogP contribution is -2.34. The summed E-state index contributed by atoms with van der Waals surface area (Å²) in [6.07, 6.45) is 3.02. The SMILES string of the molecule is CNC(=O)c1c(-c2ccc(F)cc2)oc2cc(N(CCOCCOC)S(C)(=O)=O)c(C3CC3)cc12. The molecule has 1 fully saturated rings. The molecule has 1 aliphatic carbocycles. The number of ether oxygens (including phenoxy) is 2. The Morgan fingerprint density at radius 1 is 1.17 bits per heavy atom. The number of furan rings is 1. The molecule has 4 rings (SSSR count). The predicted octanol–water partition coefficient (Wildman–Crippen LogP) is 3.90. The van der Waals surface area contributed by atoms with Crippen molar-refractivity contribution >= 4 is 32.6 Å². The first-order chi connectivity index (χ1) is 16.7. The third kappa shape index (κ3) is 5.50. The highest BCUT2D eigenvalue weighted by atomic mass is 32.2. The molecule has 0 atom stereocenters. The summed E-state index contributed by atoms with van der Waals surface area (Å²) in [4.78, 5) is 12.9. The molecule has 0 bridgehead atoms. The molecule has 0 saturated heterocycles. The normalized spacial score (nSPS) is 13.8. The van der Waals surface area contributed by atoms with E-state index in [1.807, 2.05) is 6.07 Å². The molecular formula is C25H29FN2O6S. The number of carbonyl (C=O) groups is 1. The van der Waals surface area contributed by atoms with E-state index in [1.165, 1.54) is 23.5 Å². The second-order valence-corrected chi connectivity index (χ2v) is 10.4. The Morgan fingerprint density at radius 3 is 2.49 bits per heavy atom. The third-order valence-corrected chi connectivity index (χ3v) is 7.13. The highest BCUT2D eigenvalue weighted by molar-refractivity contribution is 7.92. The van der Waals surface area contributed by atoms with Crippen LogP contribution in [0.5, 0.6) is 0 Å². The van der Waals surface area contributed by atoms with Crippen LogP contribution in [0.1, 0.15) is 34.7 Å². The Balaban J connectivity index is 1.84. The minimum Gasteiger partial charge on any atom is -0.455 e. The molecule has 1 amide bonds. The van der Waals surface area contributed by atoms with Gasteiger partial charge in [-0.2, -0.15) is 0 Å². The fourth-order valence-electron chi connectivity index (χ4n) is 4.10. The predicted molar refractivity (Wildman–Crippen MR) is 132 cm³/mol. The summed E-state index contributed by atoms with van der Waals surface area (Å²) in [6.45, 7) is 1.10. The minimum atomic E-state index is -3.63. The number of fused-ring (bicyclic) bond motifs is 1. The van der Waals surface area contributed by atoms with Crippen molar-refractivity contribution in [1.29, 1.82) is 0 Å². The lowest BCUT2D eigenvalue weighted by atomic mass is 10.0. The van der Waals surface area contributed by atoms with Crippen LogP contribution in [0, 0.1) is 5.82 Å². The van der Waals surface area contributed by atoms with Gasteiger partial charge >= 0.3 is 0 Å². The number of hydrogen-bond donors (Lipinski definition) is 1. The third-order valence-electron chi connectivity index (χ3n) is 5.95. The van der Waals surface area contributed by atoms with Crippen molar-refractivity contribution < 1.29 is 31.5 Å². The zero-order chi connectivity index (χ0) is 25.2. The lowest BCUT2D eigenvalue weighted by Gasteiger charge is -2.25. The van der Waals surface area contributed by atoms with Gasteiger partial charge in [-0.25, -0.2) is 12.8 Å². The summed E-state index contributed by atoms with van der Waals surface area (Å²) in [5, 5.41) is 3.23. The molecule has 1 saturated carbocycles. The van der Waals surface area contributed by atoms with E-state index in [4.69, 9.17) is 13.9 Å². The van der Waals surface area contributed by atoms with E-state index in [1.54, 1.807) is 25.3 Å². The van der Waals surface area contributed by atoms with E-state index in [-0.39, 0.29) is 25.0 Å². The van der Waals surface area contributed by atoms with Crippen molar-refractivity contribution in [3.05, 3.63) is 53.3 Å². The van der Waals surface area contributed by atoms with Gasteiger partial charge in [-0.1, -0.05) is 0 Å². The average Bonchev–Trinajstić information content (AvgIpc) is 3.60. The summed E-state index contributed by atoms with van der Waals surface area (Å²) in [6, 6.07) is 9.22. The van der Waals surface area contributed by atoms with Crippen molar-refractivity contribution in [2.24, 2.45) is 0 Å². The molecule has 0 aliphatic heterocycles. The lowest BCUT2D eigenvalue weighted by molar-refractivity contribution is 0.0750. The maximum absolute atomic E-state index is 13.5. The van der Waals surface area contributed by atoms with Gasteiger partial charge in [0, 0.05) is 31.2 Å². The van der Waals surface area contributed by atoms with E-state index in [9.17, 15) is 17.6 Å². The number of amides is 1. The van der Waals surface area contributed by atoms with Crippen molar-refractivity contribution in [3.63, 3.8) is 0 Å². The van der Waals surface area contributed by atoms with Gasteiger partial charge in [0.15, 0.2) is 0 Å². The first-order valence-electron chi connectivity index (χ1n) is 11.4. The summed E-state index contributed by atoms with van der Waals surface area (Å²) in [5.74, 6) is -0.257. The maximum atomic E-state index is 13.5. The van der Waals surface area contributed by atoms with Gasteiger partial charge in [-0.3, -0.25) is 9.10 Å². The monoisotopic (exact) mass is 504 g/mol. The smallest absolute Gasteiger partial charge is 0.255 e. The van der Waals surface area contributed by atoms with Crippen LogP contribution >= 0.6 is 0 Å². The van der Waals surface area contributed by atoms with E-state index < -0.39 is 15.8 Å². The standard InChI is InChI=1S/C25H29FN2O6S/c1-27-25(29)23-20-14-19(16-4-5-16)21(28(35(3,30)31)10-11-33-13-12-32-2)15-22(20)34-24(23)17-6-8-18(26)9-7-17/h6-9,14-16H,4-5,10-13H2,1-3H3,(H,27,29). The van der Waals surface area contributed by atoms with E-state index in [0.717, 1.165) is 24.7 Å². The number of hydrogen-bond acceptors (Lipinski definition) is 6. The molecule has 3 aromatic rings. The van der Waals surface area contributed by atoms with Crippen LogP contribution in [0.4, 0.5) is 10.1 Å². The van der Waals surface area contributed by atoms with Crippen molar-refractivity contribution in [2.45, 2.75) is 18.8 Å². The van der Waals surface area contributed by atoms with Crippen molar-refractivity contribution in [1.82, 2.24) is 5.32 Å². The molecule has 2 aromatic carbocycles. The van der Waals surface area contributed by atoms with Gasteiger partial charge in [0.25, 0.3) is 5.91 Å². The number of halogens is 1. The van der Waals surface area contributed by atoms with Gasteiger partial charge in [0.2, 0.25) is 10.0 Å². The number of benzene rings is 2. The molecule has 0 radical (unpaired) electrons. The summed E-state index contributed by atoms with van der Waals surface area (Å²) < 4.78 is 57.0. The van der Waals surface area contributed by atoms with Gasteiger partial charge in [-0.15, -0.1) is 0 Å². The second-order valence-electron chi connectivity index (χ2n) is 8.51. The Morgan fingerprint density at radius 2 is 1.89 bits per heavy atom. The first-order valence-corrected chi connectivity index (χ1v) is 13.2. The van der Waals surface area contributed by atoms with Crippen LogP contribution in [0.2, 0.25) is 0 Å². The zero-order valence-corrected chi connectivity index (χ0v) is 20.8. The number of anilines is 1. The Kier molecular flexibility index (Phi) is 7.44. The molecular weight excluding hydrogens is 475 g/mol. The van der Waals surface area contributed by atoms with Crippen molar-refractivity contribution in [2.75, 3.05) is 51.1 Å². The van der Waals surface area contributed by atoms with Crippen LogP contribution in [-0.2, 0) is 19.5 Å². The quantitative estimate of drug-likeness (QED) is 0.398. The van der Waals surface area contributed by atoms with Crippen LogP contribution in [0.15, 0.2) is 40.8 Å². The number of methoxy groups -OCH3 is 1. The van der Waals surface area contributed by atoms with Crippen molar-refractivity contribution in [3.8, 4) is 11.3 Å². The Labute approximate surface area is 204 Å². The molecule has 1 aromatic heterocycles. The highest BCUT2D eigenvalue weighted by Crippen LogP contribution is 2.48. The number of sulfonamides is 1. The minimum absolute atomic E-state index is 0.127. The molecule has 10 heteroatoms. The van der Waals surface area contributed by atoms with Crippen LogP contribution in [-0.4, -0.2) is 61.1 Å².